The Hall–Kier alpha value is -3.93. The van der Waals surface area contributed by atoms with Gasteiger partial charge in [0.25, 0.3) is 14.2 Å². The van der Waals surface area contributed by atoms with Gasteiger partial charge in [-0.3, -0.25) is 4.79 Å². The largest absolute Gasteiger partial charge is 0.490 e. The molecule has 2 aliphatic carbocycles. The topological polar surface area (TPSA) is 97.0 Å². The van der Waals surface area contributed by atoms with E-state index in [0.717, 1.165) is 49.4 Å². The number of rotatable bonds is 4. The Kier molecular flexibility index (Phi) is 10.7. The van der Waals surface area contributed by atoms with Gasteiger partial charge >= 0.3 is 10.2 Å². The molecule has 2 aliphatic heterocycles. The second kappa shape index (κ2) is 15.4. The number of fused-ring (bicyclic) bond motifs is 4. The predicted molar refractivity (Wildman–Crippen MR) is 227 cm³/mol. The molecule has 2 bridgehead atoms. The van der Waals surface area contributed by atoms with Crippen LogP contribution in [0.2, 0.25) is 10.1 Å². The van der Waals surface area contributed by atoms with Crippen molar-refractivity contribution in [2.24, 2.45) is 11.8 Å². The zero-order valence-corrected chi connectivity index (χ0v) is 35.0. The van der Waals surface area contributed by atoms with Gasteiger partial charge in [0.1, 0.15) is 5.75 Å². The molecule has 4 aromatic carbocycles. The highest BCUT2D eigenvalue weighted by atomic mass is 35.5. The van der Waals surface area contributed by atoms with Crippen molar-refractivity contribution in [2.45, 2.75) is 75.9 Å². The summed E-state index contributed by atoms with van der Waals surface area (Å²) in [5.41, 5.74) is 3.30. The summed E-state index contributed by atoms with van der Waals surface area (Å²) in [7, 11) is -7.06. The van der Waals surface area contributed by atoms with Crippen LogP contribution in [0.4, 0.5) is 5.69 Å². The van der Waals surface area contributed by atoms with Crippen LogP contribution in [0.25, 0.3) is 0 Å². The van der Waals surface area contributed by atoms with Crippen molar-refractivity contribution in [3.05, 3.63) is 131 Å². The maximum absolute atomic E-state index is 13.5. The number of amides is 1. The van der Waals surface area contributed by atoms with Gasteiger partial charge in [0.15, 0.2) is 0 Å². The van der Waals surface area contributed by atoms with Crippen LogP contribution in [0.5, 0.6) is 5.75 Å². The predicted octanol–water partition coefficient (Wildman–Crippen LogP) is 7.31. The van der Waals surface area contributed by atoms with Crippen molar-refractivity contribution in [2.75, 3.05) is 31.1 Å². The first kappa shape index (κ1) is 38.9. The second-order valence-electron chi connectivity index (χ2n) is 17.1. The van der Waals surface area contributed by atoms with E-state index in [-0.39, 0.29) is 34.6 Å². The number of ether oxygens (including phenoxy) is 1. The maximum atomic E-state index is 13.5. The van der Waals surface area contributed by atoms with E-state index >= 15 is 0 Å². The third kappa shape index (κ3) is 7.47. The number of hydrogen-bond acceptors (Lipinski definition) is 6. The molecule has 4 aliphatic rings. The summed E-state index contributed by atoms with van der Waals surface area (Å²) in [6, 6.07) is 33.0. The molecule has 1 fully saturated rings. The molecule has 2 N–H and O–H groups in total. The molecule has 1 saturated carbocycles. The van der Waals surface area contributed by atoms with Gasteiger partial charge in [0, 0.05) is 35.6 Å². The number of nitrogens with zero attached hydrogens (tertiary/aromatic N) is 1. The van der Waals surface area contributed by atoms with Crippen LogP contribution in [0.1, 0.15) is 74.4 Å². The van der Waals surface area contributed by atoms with Crippen LogP contribution in [0.15, 0.2) is 109 Å². The lowest BCUT2D eigenvalue weighted by atomic mass is 9.68. The SMILES string of the molecule is CC(C)(C)[Si](O[C@H]1/C=C\CCNS(=O)(=O)NC(=O)c2ccc3c(c2)N(C[C@@H]2CC[C@H]21)C[C@@]1(CCCc2cc(Cl)ccc21)CO3)(c1ccccc1)c1ccccc1. The third-order valence-electron chi connectivity index (χ3n) is 12.5. The molecule has 0 saturated heterocycles. The molecule has 1 spiro atoms. The molecule has 0 radical (unpaired) electrons. The van der Waals surface area contributed by atoms with Gasteiger partial charge in [-0.25, -0.2) is 4.72 Å². The van der Waals surface area contributed by atoms with Gasteiger partial charge in [-0.2, -0.15) is 13.1 Å². The van der Waals surface area contributed by atoms with E-state index in [2.05, 4.69) is 114 Å². The minimum atomic E-state index is -4.11. The average Bonchev–Trinajstić information content (AvgIpc) is 3.31. The number of carbonyl (C=O) groups excluding carboxylic acids is 1. The molecule has 56 heavy (non-hydrogen) atoms. The lowest BCUT2D eigenvalue weighted by Crippen LogP contribution is -2.68. The first-order valence-corrected chi connectivity index (χ1v) is 23.7. The molecule has 8 nitrogen and oxygen atoms in total. The van der Waals surface area contributed by atoms with Gasteiger partial charge in [-0.05, 0) is 107 Å². The Morgan fingerprint density at radius 1 is 0.946 bits per heavy atom. The highest BCUT2D eigenvalue weighted by Gasteiger charge is 2.53. The molecular formula is C45H52ClN3O5SSi. The van der Waals surface area contributed by atoms with Gasteiger partial charge in [0.05, 0.1) is 18.4 Å². The van der Waals surface area contributed by atoms with Crippen LogP contribution >= 0.6 is 11.6 Å². The lowest BCUT2D eigenvalue weighted by Gasteiger charge is -2.50. The maximum Gasteiger partial charge on any atom is 0.301 e. The molecule has 4 atom stereocenters. The number of carbonyl (C=O) groups is 1. The number of hydrogen-bond donors (Lipinski definition) is 2. The summed E-state index contributed by atoms with van der Waals surface area (Å²) >= 11 is 6.52. The van der Waals surface area contributed by atoms with E-state index in [1.807, 2.05) is 18.2 Å². The molecule has 1 amide bonds. The van der Waals surface area contributed by atoms with E-state index < -0.39 is 24.4 Å². The fraction of sp³-hybridized carbons (Fsp3) is 0.400. The lowest BCUT2D eigenvalue weighted by molar-refractivity contribution is 0.0550. The molecule has 11 heteroatoms. The zero-order valence-electron chi connectivity index (χ0n) is 32.5. The van der Waals surface area contributed by atoms with Gasteiger partial charge in [-0.15, -0.1) is 0 Å². The minimum Gasteiger partial charge on any atom is -0.490 e. The van der Waals surface area contributed by atoms with Crippen molar-refractivity contribution < 1.29 is 22.4 Å². The van der Waals surface area contributed by atoms with Crippen molar-refractivity contribution in [1.29, 1.82) is 0 Å². The highest BCUT2D eigenvalue weighted by Crippen LogP contribution is 2.48. The highest BCUT2D eigenvalue weighted by molar-refractivity contribution is 7.88. The summed E-state index contributed by atoms with van der Waals surface area (Å²) in [6.07, 6.45) is 9.47. The van der Waals surface area contributed by atoms with Gasteiger partial charge in [-0.1, -0.05) is 111 Å². The number of anilines is 1. The van der Waals surface area contributed by atoms with Crippen molar-refractivity contribution in [3.63, 3.8) is 0 Å². The van der Waals surface area contributed by atoms with Gasteiger partial charge < -0.3 is 14.1 Å². The number of aryl methyl sites for hydroxylation is 1. The second-order valence-corrected chi connectivity index (χ2v) is 23.3. The zero-order chi connectivity index (χ0) is 39.1. The van der Waals surface area contributed by atoms with E-state index in [1.165, 1.54) is 21.5 Å². The summed E-state index contributed by atoms with van der Waals surface area (Å²) in [5.74, 6) is 0.519. The molecule has 0 aromatic heterocycles. The molecule has 4 aromatic rings. The van der Waals surface area contributed by atoms with Crippen LogP contribution < -0.4 is 29.5 Å². The Balaban J connectivity index is 1.23. The van der Waals surface area contributed by atoms with Crippen LogP contribution in [-0.2, 0) is 26.5 Å². The van der Waals surface area contributed by atoms with E-state index in [4.69, 9.17) is 20.8 Å². The third-order valence-corrected chi connectivity index (χ3v) is 18.8. The van der Waals surface area contributed by atoms with E-state index in [9.17, 15) is 13.2 Å². The average molecular weight is 811 g/mol. The quantitative estimate of drug-likeness (QED) is 0.166. The summed E-state index contributed by atoms with van der Waals surface area (Å²) in [4.78, 5) is 15.9. The van der Waals surface area contributed by atoms with E-state index in [1.54, 1.807) is 12.1 Å². The Labute approximate surface area is 338 Å². The summed E-state index contributed by atoms with van der Waals surface area (Å²) in [6.45, 7) is 8.98. The fourth-order valence-electron chi connectivity index (χ4n) is 9.68. The Morgan fingerprint density at radius 3 is 2.36 bits per heavy atom. The van der Waals surface area contributed by atoms with Crippen LogP contribution in [0.3, 0.4) is 0 Å². The molecule has 2 heterocycles. The molecule has 8 rings (SSSR count). The summed E-state index contributed by atoms with van der Waals surface area (Å²) in [5, 5.41) is 2.97. The number of halogens is 1. The summed E-state index contributed by atoms with van der Waals surface area (Å²) < 4.78 is 45.6. The normalized spacial score (nSPS) is 25.8. The monoisotopic (exact) mass is 809 g/mol. The molecule has 0 unspecified atom stereocenters. The smallest absolute Gasteiger partial charge is 0.301 e. The van der Waals surface area contributed by atoms with Crippen LogP contribution in [0, 0.1) is 11.8 Å². The minimum absolute atomic E-state index is 0.139. The number of nitrogens with one attached hydrogen (secondary N) is 2. The Morgan fingerprint density at radius 2 is 1.68 bits per heavy atom. The van der Waals surface area contributed by atoms with Crippen molar-refractivity contribution in [3.8, 4) is 5.75 Å². The Bertz CT molecular complexity index is 2170. The fourth-order valence-corrected chi connectivity index (χ4v) is 15.4. The molecular weight excluding hydrogens is 758 g/mol. The van der Waals surface area contributed by atoms with Crippen molar-refractivity contribution in [1.82, 2.24) is 9.44 Å². The van der Waals surface area contributed by atoms with E-state index in [0.29, 0.717) is 31.2 Å². The van der Waals surface area contributed by atoms with Gasteiger partial charge in [0.2, 0.25) is 0 Å². The number of benzene rings is 4. The van der Waals surface area contributed by atoms with Crippen LogP contribution in [-0.4, -0.2) is 55.0 Å². The first-order valence-electron chi connectivity index (χ1n) is 20.0. The standard InChI is InChI=1S/C45H52ClN3O5SSi/c1-44(2,3)56(36-14-6-4-7-15-36,37-16-8-5-9-17-37)54-41-18-10-11-26-47-55(51,52)48-43(50)33-20-24-42-40(28-33)49(29-34-19-22-38(34)41)30-45(31-53-42)25-12-13-32-27-35(46)21-23-39(32)45/h4-10,14-18,20-21,23-24,27-28,34,38,41,47H,11-13,19,22,25-26,29-31H2,1-3H3,(H,48,50)/b18-10-/t34-,38+,41-,45-/m0/s1. The molecule has 294 valence electrons. The van der Waals surface area contributed by atoms with Crippen molar-refractivity contribution >= 4 is 52.1 Å². The first-order chi connectivity index (χ1) is 26.9.